The molecule has 1 N–H and O–H groups in total. The molecule has 1 aliphatic heterocycles. The molecular weight excluding hydrogens is 340 g/mol. The summed E-state index contributed by atoms with van der Waals surface area (Å²) in [4.78, 5) is 26.1. The van der Waals surface area contributed by atoms with Gasteiger partial charge in [0.1, 0.15) is 5.56 Å². The molecule has 0 radical (unpaired) electrons. The highest BCUT2D eigenvalue weighted by atomic mass is 35.5. The number of nitrogens with zero attached hydrogens (tertiary/aromatic N) is 2. The van der Waals surface area contributed by atoms with Crippen molar-refractivity contribution >= 4 is 17.6 Å². The van der Waals surface area contributed by atoms with Crippen LogP contribution < -0.4 is 5.56 Å². The van der Waals surface area contributed by atoms with Crippen LogP contribution in [0.25, 0.3) is 0 Å². The fourth-order valence-electron chi connectivity index (χ4n) is 3.41. The van der Waals surface area contributed by atoms with Crippen molar-refractivity contribution in [3.63, 3.8) is 0 Å². The second kappa shape index (κ2) is 7.42. The maximum Gasteiger partial charge on any atom is 0.341 e. The molecule has 0 amide bonds. The summed E-state index contributed by atoms with van der Waals surface area (Å²) in [5.41, 5.74) is 1.08. The van der Waals surface area contributed by atoms with Crippen LogP contribution in [0.3, 0.4) is 0 Å². The zero-order valence-corrected chi connectivity index (χ0v) is 14.9. The first-order valence-electron chi connectivity index (χ1n) is 8.38. The second-order valence-corrected chi connectivity index (χ2v) is 6.90. The largest absolute Gasteiger partial charge is 0.477 e. The number of benzene rings is 1. The number of aryl methyl sites for hydroxylation is 1. The smallest absolute Gasteiger partial charge is 0.341 e. The highest BCUT2D eigenvalue weighted by molar-refractivity contribution is 6.31. The molecule has 3 rings (SSSR count). The van der Waals surface area contributed by atoms with Gasteiger partial charge in [-0.25, -0.2) is 4.79 Å². The monoisotopic (exact) mass is 360 g/mol. The first-order chi connectivity index (χ1) is 12.0. The van der Waals surface area contributed by atoms with Gasteiger partial charge in [-0.2, -0.15) is 0 Å². The van der Waals surface area contributed by atoms with E-state index >= 15 is 0 Å². The minimum Gasteiger partial charge on any atom is -0.477 e. The van der Waals surface area contributed by atoms with E-state index in [2.05, 4.69) is 4.90 Å². The van der Waals surface area contributed by atoms with Crippen LogP contribution in [0.4, 0.5) is 0 Å². The van der Waals surface area contributed by atoms with Crippen LogP contribution >= 0.6 is 11.6 Å². The average molecular weight is 361 g/mol. The van der Waals surface area contributed by atoms with Crippen LogP contribution in [0.1, 0.15) is 40.4 Å². The predicted molar refractivity (Wildman–Crippen MR) is 97.4 cm³/mol. The Kier molecular flexibility index (Phi) is 5.25. The van der Waals surface area contributed by atoms with E-state index in [-0.39, 0.29) is 11.6 Å². The number of carboxylic acid groups (broad SMARTS) is 1. The van der Waals surface area contributed by atoms with Gasteiger partial charge in [-0.1, -0.05) is 29.8 Å². The van der Waals surface area contributed by atoms with Crippen molar-refractivity contribution in [2.75, 3.05) is 13.1 Å². The lowest BCUT2D eigenvalue weighted by molar-refractivity contribution is 0.0692. The molecule has 1 aromatic carbocycles. The topological polar surface area (TPSA) is 62.5 Å². The number of halogens is 1. The first-order valence-corrected chi connectivity index (χ1v) is 8.76. The average Bonchev–Trinajstić information content (AvgIpc) is 2.58. The normalized spacial score (nSPS) is 16.1. The SMILES string of the molecule is Cc1ccn(C2CCN(Cc3ccccc3Cl)CC2)c(=O)c1C(=O)O. The molecule has 1 saturated heterocycles. The Bertz CT molecular complexity index is 839. The maximum absolute atomic E-state index is 12.5. The highest BCUT2D eigenvalue weighted by Crippen LogP contribution is 2.24. The van der Waals surface area contributed by atoms with Crippen molar-refractivity contribution in [1.29, 1.82) is 0 Å². The lowest BCUT2D eigenvalue weighted by Gasteiger charge is -2.33. The summed E-state index contributed by atoms with van der Waals surface area (Å²) in [7, 11) is 0. The number of rotatable bonds is 4. The number of pyridine rings is 1. The maximum atomic E-state index is 12.5. The number of hydrogen-bond donors (Lipinski definition) is 1. The van der Waals surface area contributed by atoms with Gasteiger partial charge in [0, 0.05) is 36.9 Å². The zero-order chi connectivity index (χ0) is 18.0. The van der Waals surface area contributed by atoms with Gasteiger partial charge >= 0.3 is 5.97 Å². The van der Waals surface area contributed by atoms with Gasteiger partial charge in [0.15, 0.2) is 0 Å². The molecule has 2 aromatic rings. The number of piperidine rings is 1. The molecule has 1 fully saturated rings. The molecule has 0 unspecified atom stereocenters. The van der Waals surface area contributed by atoms with Gasteiger partial charge in [0.25, 0.3) is 5.56 Å². The predicted octanol–water partition coefficient (Wildman–Crippen LogP) is 3.35. The van der Waals surface area contributed by atoms with Crippen LogP contribution in [0.5, 0.6) is 0 Å². The number of aromatic nitrogens is 1. The van der Waals surface area contributed by atoms with Crippen molar-refractivity contribution in [2.24, 2.45) is 0 Å². The molecule has 0 spiro atoms. The standard InChI is InChI=1S/C19H21ClN2O3/c1-13-6-11-22(18(23)17(13)19(24)25)15-7-9-21(10-8-15)12-14-4-2-3-5-16(14)20/h2-6,11,15H,7-10,12H2,1H3,(H,24,25). The van der Waals surface area contributed by atoms with E-state index < -0.39 is 11.5 Å². The molecule has 6 heteroatoms. The van der Waals surface area contributed by atoms with E-state index in [1.54, 1.807) is 23.8 Å². The van der Waals surface area contributed by atoms with Crippen LogP contribution in [-0.4, -0.2) is 33.6 Å². The molecular formula is C19H21ClN2O3. The van der Waals surface area contributed by atoms with Crippen LogP contribution in [0, 0.1) is 6.92 Å². The fraction of sp³-hybridized carbons (Fsp3) is 0.368. The number of aromatic carboxylic acids is 1. The van der Waals surface area contributed by atoms with E-state index in [4.69, 9.17) is 11.6 Å². The molecule has 2 heterocycles. The third-order valence-corrected chi connectivity index (χ3v) is 5.21. The number of hydrogen-bond acceptors (Lipinski definition) is 3. The van der Waals surface area contributed by atoms with E-state index in [0.717, 1.165) is 43.1 Å². The van der Waals surface area contributed by atoms with Gasteiger partial charge in [-0.15, -0.1) is 0 Å². The van der Waals surface area contributed by atoms with E-state index in [1.807, 2.05) is 24.3 Å². The molecule has 0 atom stereocenters. The first kappa shape index (κ1) is 17.7. The minimum atomic E-state index is -1.16. The summed E-state index contributed by atoms with van der Waals surface area (Å²) in [6.07, 6.45) is 3.34. The minimum absolute atomic E-state index is 0.0358. The number of carboxylic acids is 1. The lowest BCUT2D eigenvalue weighted by Crippen LogP contribution is -2.38. The Morgan fingerprint density at radius 2 is 1.92 bits per heavy atom. The van der Waals surface area contributed by atoms with E-state index in [1.165, 1.54) is 0 Å². The zero-order valence-electron chi connectivity index (χ0n) is 14.1. The molecule has 0 aliphatic carbocycles. The summed E-state index contributed by atoms with van der Waals surface area (Å²) in [6, 6.07) is 9.56. The molecule has 1 aliphatic rings. The van der Waals surface area contributed by atoms with Crippen molar-refractivity contribution in [2.45, 2.75) is 32.4 Å². The van der Waals surface area contributed by atoms with Crippen molar-refractivity contribution < 1.29 is 9.90 Å². The van der Waals surface area contributed by atoms with Crippen molar-refractivity contribution in [1.82, 2.24) is 9.47 Å². The Labute approximate surface area is 151 Å². The molecule has 0 bridgehead atoms. The highest BCUT2D eigenvalue weighted by Gasteiger charge is 2.24. The van der Waals surface area contributed by atoms with Crippen molar-refractivity contribution in [3.05, 3.63) is 68.6 Å². The number of carbonyl (C=O) groups is 1. The summed E-state index contributed by atoms with van der Waals surface area (Å²) < 4.78 is 1.59. The Balaban J connectivity index is 1.71. The van der Waals surface area contributed by atoms with Crippen molar-refractivity contribution in [3.8, 4) is 0 Å². The molecule has 25 heavy (non-hydrogen) atoms. The summed E-state index contributed by atoms with van der Waals surface area (Å²) in [6.45, 7) is 4.13. The van der Waals surface area contributed by atoms with Crippen LogP contribution in [0.2, 0.25) is 5.02 Å². The molecule has 0 saturated carbocycles. The third-order valence-electron chi connectivity index (χ3n) is 4.84. The third kappa shape index (κ3) is 3.78. The summed E-state index contributed by atoms with van der Waals surface area (Å²) in [5, 5.41) is 10.0. The lowest BCUT2D eigenvalue weighted by atomic mass is 10.0. The quantitative estimate of drug-likeness (QED) is 0.908. The van der Waals surface area contributed by atoms with Gasteiger partial charge in [-0.05, 0) is 43.0 Å². The van der Waals surface area contributed by atoms with Gasteiger partial charge in [-0.3, -0.25) is 9.69 Å². The summed E-state index contributed by atoms with van der Waals surface area (Å²) >= 11 is 6.22. The Morgan fingerprint density at radius 3 is 2.56 bits per heavy atom. The molecule has 1 aromatic heterocycles. The Hall–Kier alpha value is -2.11. The summed E-state index contributed by atoms with van der Waals surface area (Å²) in [5.74, 6) is -1.16. The van der Waals surface area contributed by atoms with Gasteiger partial charge in [0.05, 0.1) is 0 Å². The fourth-order valence-corrected chi connectivity index (χ4v) is 3.61. The van der Waals surface area contributed by atoms with E-state index in [9.17, 15) is 14.7 Å². The van der Waals surface area contributed by atoms with E-state index in [0.29, 0.717) is 5.56 Å². The molecule has 132 valence electrons. The number of likely N-dealkylation sites (tertiary alicyclic amines) is 1. The van der Waals surface area contributed by atoms with Crippen LogP contribution in [0.15, 0.2) is 41.3 Å². The molecule has 5 nitrogen and oxygen atoms in total. The second-order valence-electron chi connectivity index (χ2n) is 6.49. The Morgan fingerprint density at radius 1 is 1.24 bits per heavy atom. The van der Waals surface area contributed by atoms with Gasteiger partial charge < -0.3 is 9.67 Å². The van der Waals surface area contributed by atoms with Crippen LogP contribution in [-0.2, 0) is 6.54 Å². The van der Waals surface area contributed by atoms with Gasteiger partial charge in [0.2, 0.25) is 0 Å².